The Morgan fingerprint density at radius 2 is 2.00 bits per heavy atom. The Hall–Kier alpha value is -0.120. The van der Waals surface area contributed by atoms with Gasteiger partial charge in [0.05, 0.1) is 18.8 Å². The van der Waals surface area contributed by atoms with E-state index in [-0.39, 0.29) is 5.54 Å². The fourth-order valence-corrected chi connectivity index (χ4v) is 1.58. The molecule has 1 aliphatic rings. The van der Waals surface area contributed by atoms with Crippen molar-refractivity contribution in [1.82, 2.24) is 4.90 Å². The zero-order chi connectivity index (χ0) is 10.1. The molecule has 0 bridgehead atoms. The molecule has 0 saturated carbocycles. The van der Waals surface area contributed by atoms with Gasteiger partial charge in [0, 0.05) is 18.6 Å². The van der Waals surface area contributed by atoms with Crippen LogP contribution in [0.1, 0.15) is 27.7 Å². The second-order valence-corrected chi connectivity index (χ2v) is 5.14. The van der Waals surface area contributed by atoms with Crippen molar-refractivity contribution in [3.8, 4) is 0 Å². The minimum absolute atomic E-state index is 0.109. The summed E-state index contributed by atoms with van der Waals surface area (Å²) < 4.78 is 5.34. The molecule has 1 rings (SSSR count). The number of nitrogens with zero attached hydrogens (tertiary/aromatic N) is 1. The molecule has 78 valence electrons. The molecule has 1 fully saturated rings. The SMILES string of the molecule is CC(C)(C)N1CCOC[C@@](C)(O)C1. The molecule has 1 aliphatic heterocycles. The molecule has 13 heavy (non-hydrogen) atoms. The van der Waals surface area contributed by atoms with Gasteiger partial charge < -0.3 is 9.84 Å². The van der Waals surface area contributed by atoms with Crippen LogP contribution in [0.25, 0.3) is 0 Å². The van der Waals surface area contributed by atoms with Crippen LogP contribution in [-0.4, -0.2) is 47.4 Å². The lowest BCUT2D eigenvalue weighted by molar-refractivity contribution is -0.0300. The van der Waals surface area contributed by atoms with Crippen molar-refractivity contribution in [1.29, 1.82) is 0 Å². The quantitative estimate of drug-likeness (QED) is 0.611. The fraction of sp³-hybridized carbons (Fsp3) is 1.00. The molecule has 0 unspecified atom stereocenters. The van der Waals surface area contributed by atoms with E-state index in [1.165, 1.54) is 0 Å². The zero-order valence-electron chi connectivity index (χ0n) is 9.13. The lowest BCUT2D eigenvalue weighted by atomic mass is 10.0. The topological polar surface area (TPSA) is 32.7 Å². The van der Waals surface area contributed by atoms with E-state index < -0.39 is 5.60 Å². The first kappa shape index (κ1) is 11.0. The average Bonchev–Trinajstić information content (AvgIpc) is 2.08. The Balaban J connectivity index is 2.65. The van der Waals surface area contributed by atoms with E-state index in [1.807, 2.05) is 6.92 Å². The Morgan fingerprint density at radius 1 is 1.38 bits per heavy atom. The van der Waals surface area contributed by atoms with Crippen molar-refractivity contribution in [2.45, 2.75) is 38.8 Å². The van der Waals surface area contributed by atoms with E-state index in [4.69, 9.17) is 4.74 Å². The molecule has 0 aliphatic carbocycles. The van der Waals surface area contributed by atoms with Gasteiger partial charge in [-0.3, -0.25) is 4.90 Å². The Bertz CT molecular complexity index is 172. The summed E-state index contributed by atoms with van der Waals surface area (Å²) in [5.41, 5.74) is -0.596. The second kappa shape index (κ2) is 3.56. The second-order valence-electron chi connectivity index (χ2n) is 5.14. The van der Waals surface area contributed by atoms with Crippen LogP contribution in [-0.2, 0) is 4.74 Å². The van der Waals surface area contributed by atoms with Crippen molar-refractivity contribution < 1.29 is 9.84 Å². The summed E-state index contributed by atoms with van der Waals surface area (Å²) in [4.78, 5) is 2.26. The van der Waals surface area contributed by atoms with Gasteiger partial charge in [0.1, 0.15) is 0 Å². The minimum atomic E-state index is -0.705. The predicted octanol–water partition coefficient (Wildman–Crippen LogP) is 0.868. The number of β-amino-alcohol motifs (C(OH)–C–C–N with tert-alkyl or cyclic N) is 1. The van der Waals surface area contributed by atoms with Crippen LogP contribution < -0.4 is 0 Å². The summed E-state index contributed by atoms with van der Waals surface area (Å²) in [5, 5.41) is 9.92. The van der Waals surface area contributed by atoms with E-state index in [1.54, 1.807) is 0 Å². The van der Waals surface area contributed by atoms with Crippen LogP contribution in [0.15, 0.2) is 0 Å². The molecule has 0 aromatic heterocycles. The highest BCUT2D eigenvalue weighted by atomic mass is 16.5. The van der Waals surface area contributed by atoms with Crippen LogP contribution in [0.2, 0.25) is 0 Å². The smallest absolute Gasteiger partial charge is 0.0978 e. The summed E-state index contributed by atoms with van der Waals surface area (Å²) >= 11 is 0. The van der Waals surface area contributed by atoms with E-state index in [0.717, 1.165) is 6.54 Å². The first-order valence-corrected chi connectivity index (χ1v) is 4.86. The molecular weight excluding hydrogens is 166 g/mol. The minimum Gasteiger partial charge on any atom is -0.386 e. The van der Waals surface area contributed by atoms with Crippen molar-refractivity contribution in [2.75, 3.05) is 26.3 Å². The lowest BCUT2D eigenvalue weighted by Crippen LogP contribution is -2.49. The van der Waals surface area contributed by atoms with Gasteiger partial charge in [-0.2, -0.15) is 0 Å². The van der Waals surface area contributed by atoms with Crippen molar-refractivity contribution in [3.63, 3.8) is 0 Å². The van der Waals surface area contributed by atoms with Gasteiger partial charge in [-0.05, 0) is 27.7 Å². The number of ether oxygens (including phenoxy) is 1. The molecule has 1 saturated heterocycles. The standard InChI is InChI=1S/C10H21NO2/c1-9(2,3)11-5-6-13-8-10(4,12)7-11/h12H,5-8H2,1-4H3/t10-/m0/s1. The fourth-order valence-electron chi connectivity index (χ4n) is 1.58. The van der Waals surface area contributed by atoms with Crippen LogP contribution in [0.4, 0.5) is 0 Å². The van der Waals surface area contributed by atoms with Gasteiger partial charge >= 0.3 is 0 Å². The van der Waals surface area contributed by atoms with Gasteiger partial charge in [-0.1, -0.05) is 0 Å². The predicted molar refractivity (Wildman–Crippen MR) is 52.8 cm³/mol. The lowest BCUT2D eigenvalue weighted by Gasteiger charge is -2.37. The highest BCUT2D eigenvalue weighted by molar-refractivity contribution is 4.86. The molecule has 3 heteroatoms. The highest BCUT2D eigenvalue weighted by Gasteiger charge is 2.32. The third-order valence-electron chi connectivity index (χ3n) is 2.40. The molecular formula is C10H21NO2. The maximum atomic E-state index is 9.92. The number of rotatable bonds is 0. The summed E-state index contributed by atoms with van der Waals surface area (Å²) in [5.74, 6) is 0. The maximum Gasteiger partial charge on any atom is 0.0978 e. The average molecular weight is 187 g/mol. The Morgan fingerprint density at radius 3 is 2.54 bits per heavy atom. The van der Waals surface area contributed by atoms with Crippen LogP contribution in [0.3, 0.4) is 0 Å². The first-order chi connectivity index (χ1) is 5.81. The summed E-state index contributed by atoms with van der Waals surface area (Å²) in [6.07, 6.45) is 0. The van der Waals surface area contributed by atoms with Gasteiger partial charge in [0.15, 0.2) is 0 Å². The molecule has 1 atom stereocenters. The molecule has 3 nitrogen and oxygen atoms in total. The monoisotopic (exact) mass is 187 g/mol. The molecule has 0 spiro atoms. The molecule has 1 N–H and O–H groups in total. The van der Waals surface area contributed by atoms with Gasteiger partial charge in [-0.25, -0.2) is 0 Å². The van der Waals surface area contributed by atoms with Crippen molar-refractivity contribution in [3.05, 3.63) is 0 Å². The van der Waals surface area contributed by atoms with E-state index in [9.17, 15) is 5.11 Å². The van der Waals surface area contributed by atoms with Crippen LogP contribution >= 0.6 is 0 Å². The maximum absolute atomic E-state index is 9.92. The number of hydrogen-bond acceptors (Lipinski definition) is 3. The number of hydrogen-bond donors (Lipinski definition) is 1. The van der Waals surface area contributed by atoms with Gasteiger partial charge in [0.25, 0.3) is 0 Å². The Labute approximate surface area is 80.7 Å². The first-order valence-electron chi connectivity index (χ1n) is 4.86. The third kappa shape index (κ3) is 3.25. The van der Waals surface area contributed by atoms with Crippen molar-refractivity contribution >= 4 is 0 Å². The number of aliphatic hydroxyl groups is 1. The van der Waals surface area contributed by atoms with E-state index >= 15 is 0 Å². The van der Waals surface area contributed by atoms with E-state index in [0.29, 0.717) is 19.8 Å². The summed E-state index contributed by atoms with van der Waals surface area (Å²) in [6, 6.07) is 0. The molecule has 0 amide bonds. The van der Waals surface area contributed by atoms with Crippen LogP contribution in [0, 0.1) is 0 Å². The Kier molecular flexibility index (Phi) is 3.00. The highest BCUT2D eigenvalue weighted by Crippen LogP contribution is 2.19. The van der Waals surface area contributed by atoms with Crippen molar-refractivity contribution in [2.24, 2.45) is 0 Å². The van der Waals surface area contributed by atoms with Gasteiger partial charge in [0.2, 0.25) is 0 Å². The van der Waals surface area contributed by atoms with Crippen LogP contribution in [0.5, 0.6) is 0 Å². The molecule has 1 heterocycles. The zero-order valence-corrected chi connectivity index (χ0v) is 9.13. The summed E-state index contributed by atoms with van der Waals surface area (Å²) in [7, 11) is 0. The largest absolute Gasteiger partial charge is 0.386 e. The molecule has 0 aromatic rings. The normalized spacial score (nSPS) is 33.0. The third-order valence-corrected chi connectivity index (χ3v) is 2.40. The van der Waals surface area contributed by atoms with E-state index in [2.05, 4.69) is 25.7 Å². The van der Waals surface area contributed by atoms with Gasteiger partial charge in [-0.15, -0.1) is 0 Å². The molecule has 0 aromatic carbocycles. The summed E-state index contributed by atoms with van der Waals surface area (Å²) in [6.45, 7) is 11.1. The molecule has 0 radical (unpaired) electrons.